The zero-order valence-electron chi connectivity index (χ0n) is 10.9. The number of aromatic nitrogens is 2. The zero-order valence-corrected chi connectivity index (χ0v) is 12.5. The molecule has 0 radical (unpaired) electrons. The van der Waals surface area contributed by atoms with Crippen LogP contribution in [0.4, 0.5) is 11.5 Å². The molecule has 100 valence electrons. The molecule has 0 aliphatic heterocycles. The number of fused-ring (bicyclic) bond motifs is 1. The SMILES string of the molecule is BrCCc1cccc(Nc2cnc3ccccc3n2)c1. The Bertz CT molecular complexity index is 727. The minimum absolute atomic E-state index is 0.764. The largest absolute Gasteiger partial charge is 0.339 e. The maximum atomic E-state index is 4.56. The number of para-hydroxylation sites is 2. The van der Waals surface area contributed by atoms with Gasteiger partial charge in [0.2, 0.25) is 0 Å². The fourth-order valence-electron chi connectivity index (χ4n) is 2.08. The van der Waals surface area contributed by atoms with E-state index in [2.05, 4.69) is 49.4 Å². The highest BCUT2D eigenvalue weighted by Crippen LogP contribution is 2.18. The van der Waals surface area contributed by atoms with Gasteiger partial charge in [0.1, 0.15) is 5.82 Å². The van der Waals surface area contributed by atoms with Crippen LogP contribution in [0, 0.1) is 0 Å². The second-order valence-corrected chi connectivity index (χ2v) is 5.30. The van der Waals surface area contributed by atoms with E-state index in [0.29, 0.717) is 0 Å². The Hall–Kier alpha value is -1.94. The van der Waals surface area contributed by atoms with Gasteiger partial charge < -0.3 is 5.32 Å². The van der Waals surface area contributed by atoms with E-state index in [4.69, 9.17) is 0 Å². The summed E-state index contributed by atoms with van der Waals surface area (Å²) in [5.41, 5.74) is 4.13. The Morgan fingerprint density at radius 2 is 1.85 bits per heavy atom. The lowest BCUT2D eigenvalue weighted by Crippen LogP contribution is -1.96. The summed E-state index contributed by atoms with van der Waals surface area (Å²) in [6, 6.07) is 16.2. The quantitative estimate of drug-likeness (QED) is 0.725. The summed E-state index contributed by atoms with van der Waals surface area (Å²) >= 11 is 3.46. The van der Waals surface area contributed by atoms with E-state index in [1.54, 1.807) is 6.20 Å². The van der Waals surface area contributed by atoms with Gasteiger partial charge in [0.15, 0.2) is 0 Å². The lowest BCUT2D eigenvalue weighted by molar-refractivity contribution is 1.17. The minimum atomic E-state index is 0.764. The van der Waals surface area contributed by atoms with Crippen LogP contribution >= 0.6 is 15.9 Å². The molecule has 3 aromatic rings. The van der Waals surface area contributed by atoms with Crippen molar-refractivity contribution in [2.75, 3.05) is 10.6 Å². The number of nitrogens with zero attached hydrogens (tertiary/aromatic N) is 2. The fraction of sp³-hybridized carbons (Fsp3) is 0.125. The van der Waals surface area contributed by atoms with Gasteiger partial charge in [-0.25, -0.2) is 4.98 Å². The van der Waals surface area contributed by atoms with Crippen LogP contribution in [-0.4, -0.2) is 15.3 Å². The zero-order chi connectivity index (χ0) is 13.8. The molecule has 0 aliphatic rings. The van der Waals surface area contributed by atoms with E-state index < -0.39 is 0 Å². The molecule has 0 atom stereocenters. The second-order valence-electron chi connectivity index (χ2n) is 4.51. The molecule has 0 unspecified atom stereocenters. The first-order chi connectivity index (χ1) is 9.85. The number of aryl methyl sites for hydroxylation is 1. The number of anilines is 2. The van der Waals surface area contributed by atoms with Gasteiger partial charge in [-0.3, -0.25) is 4.98 Å². The first-order valence-electron chi connectivity index (χ1n) is 6.49. The molecule has 0 saturated carbocycles. The van der Waals surface area contributed by atoms with Gasteiger partial charge in [0, 0.05) is 11.0 Å². The first-order valence-corrected chi connectivity index (χ1v) is 7.61. The van der Waals surface area contributed by atoms with Gasteiger partial charge in [0.05, 0.1) is 17.2 Å². The monoisotopic (exact) mass is 327 g/mol. The van der Waals surface area contributed by atoms with Crippen LogP contribution in [0.5, 0.6) is 0 Å². The van der Waals surface area contributed by atoms with E-state index in [9.17, 15) is 0 Å². The fourth-order valence-corrected chi connectivity index (χ4v) is 2.54. The highest BCUT2D eigenvalue weighted by atomic mass is 79.9. The van der Waals surface area contributed by atoms with Crippen molar-refractivity contribution in [3.8, 4) is 0 Å². The number of benzene rings is 2. The van der Waals surface area contributed by atoms with Crippen LogP contribution in [0.1, 0.15) is 5.56 Å². The molecule has 1 heterocycles. The van der Waals surface area contributed by atoms with E-state index in [0.717, 1.165) is 34.3 Å². The Labute approximate surface area is 126 Å². The van der Waals surface area contributed by atoms with Crippen molar-refractivity contribution in [1.29, 1.82) is 0 Å². The molecule has 20 heavy (non-hydrogen) atoms. The molecule has 3 nitrogen and oxygen atoms in total. The van der Waals surface area contributed by atoms with Gasteiger partial charge in [-0.1, -0.05) is 40.2 Å². The minimum Gasteiger partial charge on any atom is -0.339 e. The van der Waals surface area contributed by atoms with Gasteiger partial charge >= 0.3 is 0 Å². The van der Waals surface area contributed by atoms with Crippen molar-refractivity contribution >= 4 is 38.5 Å². The molecule has 4 heteroatoms. The summed E-state index contributed by atoms with van der Waals surface area (Å²) in [5, 5.41) is 4.27. The average molecular weight is 328 g/mol. The molecule has 1 aromatic heterocycles. The summed E-state index contributed by atoms with van der Waals surface area (Å²) in [5.74, 6) is 0.764. The number of hydrogen-bond acceptors (Lipinski definition) is 3. The Kier molecular flexibility index (Phi) is 3.92. The number of rotatable bonds is 4. The van der Waals surface area contributed by atoms with E-state index in [1.807, 2.05) is 30.3 Å². The maximum Gasteiger partial charge on any atom is 0.149 e. The lowest BCUT2D eigenvalue weighted by atomic mass is 10.1. The summed E-state index contributed by atoms with van der Waals surface area (Å²) in [6.07, 6.45) is 2.78. The van der Waals surface area contributed by atoms with Crippen LogP contribution in [-0.2, 0) is 6.42 Å². The topological polar surface area (TPSA) is 37.8 Å². The predicted molar refractivity (Wildman–Crippen MR) is 86.8 cm³/mol. The van der Waals surface area contributed by atoms with Crippen molar-refractivity contribution < 1.29 is 0 Å². The molecule has 0 spiro atoms. The summed E-state index contributed by atoms with van der Waals surface area (Å²) < 4.78 is 0. The van der Waals surface area contributed by atoms with Crippen LogP contribution < -0.4 is 5.32 Å². The van der Waals surface area contributed by atoms with Crippen molar-refractivity contribution in [3.63, 3.8) is 0 Å². The highest BCUT2D eigenvalue weighted by Gasteiger charge is 2.01. The number of halogens is 1. The molecule has 0 fully saturated rings. The van der Waals surface area contributed by atoms with Crippen LogP contribution in [0.2, 0.25) is 0 Å². The van der Waals surface area contributed by atoms with Crippen molar-refractivity contribution in [2.45, 2.75) is 6.42 Å². The first kappa shape index (κ1) is 13.1. The van der Waals surface area contributed by atoms with Gasteiger partial charge in [-0.05, 0) is 36.2 Å². The summed E-state index contributed by atoms with van der Waals surface area (Å²) in [7, 11) is 0. The van der Waals surface area contributed by atoms with Crippen LogP contribution in [0.15, 0.2) is 54.7 Å². The molecule has 0 aliphatic carbocycles. The Morgan fingerprint density at radius 3 is 2.70 bits per heavy atom. The van der Waals surface area contributed by atoms with E-state index in [1.165, 1.54) is 5.56 Å². The normalized spacial score (nSPS) is 10.7. The van der Waals surface area contributed by atoms with Crippen molar-refractivity contribution in [3.05, 3.63) is 60.3 Å². The highest BCUT2D eigenvalue weighted by molar-refractivity contribution is 9.09. The molecular formula is C16H14BrN3. The van der Waals surface area contributed by atoms with Crippen LogP contribution in [0.25, 0.3) is 11.0 Å². The van der Waals surface area contributed by atoms with Gasteiger partial charge in [0.25, 0.3) is 0 Å². The van der Waals surface area contributed by atoms with Crippen molar-refractivity contribution in [1.82, 2.24) is 9.97 Å². The smallest absolute Gasteiger partial charge is 0.149 e. The van der Waals surface area contributed by atoms with Gasteiger partial charge in [-0.2, -0.15) is 0 Å². The summed E-state index contributed by atoms with van der Waals surface area (Å²) in [4.78, 5) is 8.97. The third-order valence-electron chi connectivity index (χ3n) is 3.03. The lowest BCUT2D eigenvalue weighted by Gasteiger charge is -2.07. The average Bonchev–Trinajstić information content (AvgIpc) is 2.48. The third kappa shape index (κ3) is 2.96. The second kappa shape index (κ2) is 6.01. The summed E-state index contributed by atoms with van der Waals surface area (Å²) in [6.45, 7) is 0. The van der Waals surface area contributed by atoms with Crippen LogP contribution in [0.3, 0.4) is 0 Å². The molecule has 2 aromatic carbocycles. The van der Waals surface area contributed by atoms with Gasteiger partial charge in [-0.15, -0.1) is 0 Å². The Balaban J connectivity index is 1.87. The molecule has 3 rings (SSSR count). The third-order valence-corrected chi connectivity index (χ3v) is 3.43. The predicted octanol–water partition coefficient (Wildman–Crippen LogP) is 4.31. The number of alkyl halides is 1. The number of hydrogen-bond donors (Lipinski definition) is 1. The van der Waals surface area contributed by atoms with E-state index >= 15 is 0 Å². The Morgan fingerprint density at radius 1 is 1.00 bits per heavy atom. The molecule has 0 amide bonds. The molecule has 0 saturated heterocycles. The molecule has 0 bridgehead atoms. The maximum absolute atomic E-state index is 4.56. The van der Waals surface area contributed by atoms with Crippen molar-refractivity contribution in [2.24, 2.45) is 0 Å². The van der Waals surface area contributed by atoms with E-state index in [-0.39, 0.29) is 0 Å². The molecule has 1 N–H and O–H groups in total. The standard InChI is InChI=1S/C16H14BrN3/c17-9-8-12-4-3-5-13(10-12)19-16-11-18-14-6-1-2-7-15(14)20-16/h1-7,10-11H,8-9H2,(H,19,20). The number of nitrogens with one attached hydrogen (secondary N) is 1. The molecular weight excluding hydrogens is 314 g/mol.